The summed E-state index contributed by atoms with van der Waals surface area (Å²) < 4.78 is 15.8. The molecule has 0 spiro atoms. The van der Waals surface area contributed by atoms with Crippen LogP contribution >= 0.6 is 0 Å². The number of carbonyl (C=O) groups is 6. The SMILES string of the molecule is O=C(CC(=O)C1CCCCC1)OC[C](COC(=O)CC(=O)C1CCCCC1)COC(=O)CC(=O)C1CCCCC1. The first-order chi connectivity index (χ1) is 19.3. The van der Waals surface area contributed by atoms with Crippen LogP contribution in [0.2, 0.25) is 0 Å². The highest BCUT2D eigenvalue weighted by atomic mass is 16.6. The molecule has 3 aliphatic carbocycles. The fourth-order valence-electron chi connectivity index (χ4n) is 5.96. The summed E-state index contributed by atoms with van der Waals surface area (Å²) in [5.41, 5.74) is 0. The maximum atomic E-state index is 12.4. The van der Waals surface area contributed by atoms with Gasteiger partial charge in [-0.25, -0.2) is 0 Å². The van der Waals surface area contributed by atoms with Gasteiger partial charge < -0.3 is 14.2 Å². The summed E-state index contributed by atoms with van der Waals surface area (Å²) >= 11 is 0. The molecule has 3 aliphatic rings. The smallest absolute Gasteiger partial charge is 0.313 e. The lowest BCUT2D eigenvalue weighted by atomic mass is 9.85. The van der Waals surface area contributed by atoms with Crippen molar-refractivity contribution in [2.24, 2.45) is 17.8 Å². The van der Waals surface area contributed by atoms with E-state index in [0.29, 0.717) is 0 Å². The van der Waals surface area contributed by atoms with Gasteiger partial charge in [0.2, 0.25) is 0 Å². The van der Waals surface area contributed by atoms with Crippen LogP contribution in [0.4, 0.5) is 0 Å². The van der Waals surface area contributed by atoms with Gasteiger partial charge in [-0.05, 0) is 38.5 Å². The summed E-state index contributed by atoms with van der Waals surface area (Å²) in [7, 11) is 0. The summed E-state index contributed by atoms with van der Waals surface area (Å²) in [4.78, 5) is 74.4. The molecule has 223 valence electrons. The van der Waals surface area contributed by atoms with Crippen LogP contribution in [0.5, 0.6) is 0 Å². The summed E-state index contributed by atoms with van der Waals surface area (Å²) in [5.74, 6) is -2.53. The van der Waals surface area contributed by atoms with Crippen molar-refractivity contribution in [3.63, 3.8) is 0 Å². The van der Waals surface area contributed by atoms with Gasteiger partial charge >= 0.3 is 17.9 Å². The van der Waals surface area contributed by atoms with Crippen LogP contribution in [0.15, 0.2) is 0 Å². The molecule has 0 N–H and O–H groups in total. The van der Waals surface area contributed by atoms with Crippen LogP contribution in [0.1, 0.15) is 116 Å². The summed E-state index contributed by atoms with van der Waals surface area (Å²) in [5, 5.41) is 0. The Hall–Kier alpha value is -2.58. The minimum atomic E-state index is -0.689. The fraction of sp³-hybridized carbons (Fsp3) is 0.774. The first-order valence-electron chi connectivity index (χ1n) is 15.2. The third kappa shape index (κ3) is 11.5. The molecular formula is C31H45O9. The molecule has 3 rings (SSSR count). The zero-order chi connectivity index (χ0) is 28.7. The molecule has 0 bridgehead atoms. The lowest BCUT2D eigenvalue weighted by molar-refractivity contribution is -0.148. The minimum Gasteiger partial charge on any atom is -0.464 e. The molecule has 9 nitrogen and oxygen atoms in total. The Bertz CT molecular complexity index is 763. The number of esters is 3. The quantitative estimate of drug-likeness (QED) is 0.157. The van der Waals surface area contributed by atoms with Gasteiger partial charge in [-0.15, -0.1) is 0 Å². The maximum absolute atomic E-state index is 12.4. The summed E-state index contributed by atoms with van der Waals surface area (Å²) in [6.07, 6.45) is 12.9. The van der Waals surface area contributed by atoms with Crippen molar-refractivity contribution >= 4 is 35.3 Å². The molecule has 3 saturated carbocycles. The van der Waals surface area contributed by atoms with Crippen LogP contribution < -0.4 is 0 Å². The van der Waals surface area contributed by atoms with Crippen LogP contribution in [-0.4, -0.2) is 55.1 Å². The molecule has 0 amide bonds. The van der Waals surface area contributed by atoms with Crippen molar-refractivity contribution in [3.8, 4) is 0 Å². The van der Waals surface area contributed by atoms with Gasteiger partial charge in [-0.2, -0.15) is 0 Å². The van der Waals surface area contributed by atoms with Crippen molar-refractivity contribution < 1.29 is 43.0 Å². The molecular weight excluding hydrogens is 516 g/mol. The van der Waals surface area contributed by atoms with Crippen molar-refractivity contribution in [2.45, 2.75) is 116 Å². The average Bonchev–Trinajstić information content (AvgIpc) is 2.98. The van der Waals surface area contributed by atoms with E-state index in [4.69, 9.17) is 14.2 Å². The van der Waals surface area contributed by atoms with E-state index in [1.165, 1.54) is 0 Å². The van der Waals surface area contributed by atoms with Gasteiger partial charge in [-0.1, -0.05) is 57.8 Å². The van der Waals surface area contributed by atoms with Crippen LogP contribution in [-0.2, 0) is 43.0 Å². The molecule has 0 unspecified atom stereocenters. The predicted molar refractivity (Wildman–Crippen MR) is 145 cm³/mol. The van der Waals surface area contributed by atoms with E-state index in [0.717, 1.165) is 96.3 Å². The lowest BCUT2D eigenvalue weighted by Gasteiger charge is -2.21. The van der Waals surface area contributed by atoms with Crippen LogP contribution in [0.3, 0.4) is 0 Å². The number of hydrogen-bond acceptors (Lipinski definition) is 9. The second kappa shape index (κ2) is 17.3. The van der Waals surface area contributed by atoms with E-state index >= 15 is 0 Å². The molecule has 0 aromatic heterocycles. The third-order valence-electron chi connectivity index (χ3n) is 8.45. The van der Waals surface area contributed by atoms with E-state index in [-0.39, 0.29) is 80.1 Å². The number of Topliss-reactive ketones (excluding diaryl/α,β-unsaturated/α-hetero) is 3. The van der Waals surface area contributed by atoms with Gasteiger partial charge in [0.25, 0.3) is 0 Å². The standard InChI is InChI=1S/C31H45O9/c32-26(23-10-4-1-5-11-23)16-29(35)38-19-22(20-39-30(36)17-27(33)24-12-6-2-7-13-24)21-40-31(37)18-28(34)25-14-8-3-9-15-25/h23-25H,1-21H2. The Morgan fingerprint density at radius 2 is 0.650 bits per heavy atom. The van der Waals surface area contributed by atoms with Gasteiger partial charge in [-0.3, -0.25) is 28.8 Å². The lowest BCUT2D eigenvalue weighted by Crippen LogP contribution is -2.28. The van der Waals surface area contributed by atoms with E-state index in [1.54, 1.807) is 0 Å². The van der Waals surface area contributed by atoms with Crippen molar-refractivity contribution in [3.05, 3.63) is 5.92 Å². The van der Waals surface area contributed by atoms with E-state index in [9.17, 15) is 28.8 Å². The number of hydrogen-bond donors (Lipinski definition) is 0. The summed E-state index contributed by atoms with van der Waals surface area (Å²) in [6.45, 7) is -0.903. The highest BCUT2D eigenvalue weighted by Gasteiger charge is 2.28. The monoisotopic (exact) mass is 561 g/mol. The summed E-state index contributed by atoms with van der Waals surface area (Å²) in [6, 6.07) is 0. The number of ketones is 3. The Labute approximate surface area is 237 Å². The average molecular weight is 562 g/mol. The number of ether oxygens (including phenoxy) is 3. The molecule has 0 aromatic carbocycles. The molecule has 0 aromatic rings. The molecule has 40 heavy (non-hydrogen) atoms. The highest BCUT2D eigenvalue weighted by Crippen LogP contribution is 2.27. The molecule has 0 atom stereocenters. The van der Waals surface area contributed by atoms with Gasteiger partial charge in [0.1, 0.15) is 56.4 Å². The first-order valence-corrected chi connectivity index (χ1v) is 15.2. The topological polar surface area (TPSA) is 130 Å². The van der Waals surface area contributed by atoms with Crippen molar-refractivity contribution in [1.29, 1.82) is 0 Å². The molecule has 9 heteroatoms. The maximum Gasteiger partial charge on any atom is 0.313 e. The predicted octanol–water partition coefficient (Wildman–Crippen LogP) is 4.81. The first kappa shape index (κ1) is 31.9. The zero-order valence-electron chi connectivity index (χ0n) is 23.8. The molecule has 0 aliphatic heterocycles. The Morgan fingerprint density at radius 3 is 0.900 bits per heavy atom. The fourth-order valence-corrected chi connectivity index (χ4v) is 5.96. The van der Waals surface area contributed by atoms with Gasteiger partial charge in [0.15, 0.2) is 0 Å². The highest BCUT2D eigenvalue weighted by molar-refractivity contribution is 5.98. The second-order valence-corrected chi connectivity index (χ2v) is 11.7. The normalized spacial score (nSPS) is 19.1. The molecule has 1 radical (unpaired) electrons. The van der Waals surface area contributed by atoms with Gasteiger partial charge in [0, 0.05) is 17.8 Å². The van der Waals surface area contributed by atoms with Crippen molar-refractivity contribution in [1.82, 2.24) is 0 Å². The minimum absolute atomic E-state index is 0.116. The van der Waals surface area contributed by atoms with E-state index in [2.05, 4.69) is 0 Å². The van der Waals surface area contributed by atoms with Crippen LogP contribution in [0.25, 0.3) is 0 Å². The number of carbonyl (C=O) groups excluding carboxylic acids is 6. The molecule has 0 saturated heterocycles. The van der Waals surface area contributed by atoms with Crippen LogP contribution in [0, 0.1) is 23.7 Å². The molecule has 0 heterocycles. The second-order valence-electron chi connectivity index (χ2n) is 11.7. The Morgan fingerprint density at radius 1 is 0.400 bits per heavy atom. The van der Waals surface area contributed by atoms with E-state index < -0.39 is 17.9 Å². The number of rotatable bonds is 15. The third-order valence-corrected chi connectivity index (χ3v) is 8.45. The van der Waals surface area contributed by atoms with Gasteiger partial charge in [0.05, 0.1) is 5.92 Å². The largest absolute Gasteiger partial charge is 0.464 e. The molecule has 3 fully saturated rings. The Kier molecular flexibility index (Phi) is 13.8. The Balaban J connectivity index is 1.46. The zero-order valence-corrected chi connectivity index (χ0v) is 23.8. The van der Waals surface area contributed by atoms with Crippen molar-refractivity contribution in [2.75, 3.05) is 19.8 Å². The van der Waals surface area contributed by atoms with E-state index in [1.807, 2.05) is 0 Å².